The minimum Gasteiger partial charge on any atom is -0.300 e. The third-order valence-electron chi connectivity index (χ3n) is 3.34. The third kappa shape index (κ3) is 3.54. The molecule has 1 unspecified atom stereocenters. The smallest absolute Gasteiger partial charge is 0.00964 e. The van der Waals surface area contributed by atoms with E-state index in [2.05, 4.69) is 48.5 Å². The third-order valence-corrected chi connectivity index (χ3v) is 4.12. The Morgan fingerprint density at radius 1 is 1.36 bits per heavy atom. The minimum atomic E-state index is 0.422. The monoisotopic (exact) mass is 261 g/mol. The summed E-state index contributed by atoms with van der Waals surface area (Å²) < 4.78 is 0. The van der Waals surface area contributed by atoms with Crippen LogP contribution in [0.4, 0.5) is 0 Å². The Hall–Kier alpha value is 0.440. The number of halogens is 1. The first-order valence-electron chi connectivity index (χ1n) is 5.79. The molecule has 0 N–H and O–H groups in total. The average Bonchev–Trinajstić information content (AvgIpc) is 2.87. The summed E-state index contributed by atoms with van der Waals surface area (Å²) in [6, 6.07) is 0.906. The molecule has 1 aliphatic carbocycles. The lowest BCUT2D eigenvalue weighted by atomic mass is 9.82. The largest absolute Gasteiger partial charge is 0.300 e. The van der Waals surface area contributed by atoms with Crippen LogP contribution in [-0.4, -0.2) is 29.4 Å². The molecule has 0 aliphatic heterocycles. The standard InChI is InChI=1S/C12H24BrN/c1-5-14(11-6-7-11)9-10(8-13)12(2,3)4/h10-11H,5-9H2,1-4H3. The van der Waals surface area contributed by atoms with Crippen molar-refractivity contribution >= 4 is 15.9 Å². The molecule has 14 heavy (non-hydrogen) atoms. The van der Waals surface area contributed by atoms with Crippen LogP contribution in [-0.2, 0) is 0 Å². The first-order chi connectivity index (χ1) is 6.49. The molecule has 1 rings (SSSR count). The van der Waals surface area contributed by atoms with Gasteiger partial charge in [-0.3, -0.25) is 0 Å². The quantitative estimate of drug-likeness (QED) is 0.685. The highest BCUT2D eigenvalue weighted by molar-refractivity contribution is 9.09. The van der Waals surface area contributed by atoms with Crippen LogP contribution < -0.4 is 0 Å². The molecule has 0 amide bonds. The summed E-state index contributed by atoms with van der Waals surface area (Å²) in [7, 11) is 0. The van der Waals surface area contributed by atoms with Crippen molar-refractivity contribution in [3.63, 3.8) is 0 Å². The van der Waals surface area contributed by atoms with Gasteiger partial charge in [0, 0.05) is 17.9 Å². The number of nitrogens with zero attached hydrogens (tertiary/aromatic N) is 1. The summed E-state index contributed by atoms with van der Waals surface area (Å²) >= 11 is 3.65. The first kappa shape index (κ1) is 12.5. The van der Waals surface area contributed by atoms with Gasteiger partial charge in [-0.05, 0) is 30.7 Å². The van der Waals surface area contributed by atoms with Crippen molar-refractivity contribution in [3.05, 3.63) is 0 Å². The summed E-state index contributed by atoms with van der Waals surface area (Å²) in [5.41, 5.74) is 0.422. The Morgan fingerprint density at radius 3 is 2.21 bits per heavy atom. The van der Waals surface area contributed by atoms with Gasteiger partial charge in [0.05, 0.1) is 0 Å². The molecule has 0 aromatic carbocycles. The second kappa shape index (κ2) is 4.98. The zero-order valence-electron chi connectivity index (χ0n) is 10.0. The predicted octanol–water partition coefficient (Wildman–Crippen LogP) is 3.53. The van der Waals surface area contributed by atoms with E-state index in [0.717, 1.165) is 17.3 Å². The molecule has 0 bridgehead atoms. The second-order valence-corrected chi connectivity index (χ2v) is 6.18. The Labute approximate surface area is 97.4 Å². The van der Waals surface area contributed by atoms with Gasteiger partial charge in [-0.2, -0.15) is 0 Å². The lowest BCUT2D eigenvalue weighted by Crippen LogP contribution is -2.37. The Balaban J connectivity index is 2.45. The minimum absolute atomic E-state index is 0.422. The summed E-state index contributed by atoms with van der Waals surface area (Å²) in [6.45, 7) is 11.8. The fraction of sp³-hybridized carbons (Fsp3) is 1.00. The Bertz CT molecular complexity index is 170. The van der Waals surface area contributed by atoms with Crippen LogP contribution in [0.3, 0.4) is 0 Å². The summed E-state index contributed by atoms with van der Waals surface area (Å²) in [4.78, 5) is 2.65. The molecule has 0 aromatic rings. The Kier molecular flexibility index (Phi) is 4.45. The predicted molar refractivity (Wildman–Crippen MR) is 67.0 cm³/mol. The van der Waals surface area contributed by atoms with Crippen LogP contribution in [0, 0.1) is 11.3 Å². The zero-order valence-corrected chi connectivity index (χ0v) is 11.6. The number of rotatable bonds is 5. The van der Waals surface area contributed by atoms with E-state index in [-0.39, 0.29) is 0 Å². The van der Waals surface area contributed by atoms with E-state index in [9.17, 15) is 0 Å². The molecule has 1 aliphatic rings. The molecule has 0 saturated heterocycles. The molecule has 0 aromatic heterocycles. The summed E-state index contributed by atoms with van der Waals surface area (Å²) in [5.74, 6) is 0.767. The SMILES string of the molecule is CCN(CC(CBr)C(C)(C)C)C1CC1. The molecular formula is C12H24BrN. The van der Waals surface area contributed by atoms with Crippen LogP contribution in [0.1, 0.15) is 40.5 Å². The maximum Gasteiger partial charge on any atom is 0.00964 e. The van der Waals surface area contributed by atoms with Crippen LogP contribution >= 0.6 is 15.9 Å². The highest BCUT2D eigenvalue weighted by Gasteiger charge is 2.32. The summed E-state index contributed by atoms with van der Waals surface area (Å²) in [6.07, 6.45) is 2.85. The first-order valence-corrected chi connectivity index (χ1v) is 6.91. The molecule has 1 saturated carbocycles. The van der Waals surface area contributed by atoms with E-state index < -0.39 is 0 Å². The maximum absolute atomic E-state index is 3.65. The van der Waals surface area contributed by atoms with Crippen LogP contribution in [0.5, 0.6) is 0 Å². The molecule has 0 radical (unpaired) electrons. The van der Waals surface area contributed by atoms with Gasteiger partial charge in [-0.1, -0.05) is 43.6 Å². The lowest BCUT2D eigenvalue weighted by Gasteiger charge is -2.34. The average molecular weight is 262 g/mol. The van der Waals surface area contributed by atoms with Gasteiger partial charge in [0.1, 0.15) is 0 Å². The van der Waals surface area contributed by atoms with E-state index in [0.29, 0.717) is 5.41 Å². The molecule has 2 heteroatoms. The molecule has 84 valence electrons. The highest BCUT2D eigenvalue weighted by Crippen LogP contribution is 2.32. The topological polar surface area (TPSA) is 3.24 Å². The maximum atomic E-state index is 3.65. The molecule has 0 spiro atoms. The number of alkyl halides is 1. The van der Waals surface area contributed by atoms with Crippen LogP contribution in [0.15, 0.2) is 0 Å². The summed E-state index contributed by atoms with van der Waals surface area (Å²) in [5, 5.41) is 1.12. The van der Waals surface area contributed by atoms with Crippen LogP contribution in [0.25, 0.3) is 0 Å². The molecule has 1 atom stereocenters. The van der Waals surface area contributed by atoms with Gasteiger partial charge in [0.25, 0.3) is 0 Å². The second-order valence-electron chi connectivity index (χ2n) is 5.54. The number of hydrogen-bond acceptors (Lipinski definition) is 1. The molecule has 0 heterocycles. The fourth-order valence-corrected chi connectivity index (χ4v) is 2.99. The van der Waals surface area contributed by atoms with E-state index in [1.165, 1.54) is 25.9 Å². The van der Waals surface area contributed by atoms with Crippen molar-refractivity contribution in [1.29, 1.82) is 0 Å². The molecular weight excluding hydrogens is 238 g/mol. The lowest BCUT2D eigenvalue weighted by molar-refractivity contribution is 0.165. The fourth-order valence-electron chi connectivity index (χ4n) is 1.81. The van der Waals surface area contributed by atoms with Gasteiger partial charge < -0.3 is 4.90 Å². The van der Waals surface area contributed by atoms with Gasteiger partial charge >= 0.3 is 0 Å². The normalized spacial score (nSPS) is 20.1. The van der Waals surface area contributed by atoms with Crippen molar-refractivity contribution in [2.45, 2.75) is 46.6 Å². The van der Waals surface area contributed by atoms with Crippen molar-refractivity contribution in [3.8, 4) is 0 Å². The van der Waals surface area contributed by atoms with E-state index in [1.54, 1.807) is 0 Å². The van der Waals surface area contributed by atoms with Gasteiger partial charge in [-0.15, -0.1) is 0 Å². The van der Waals surface area contributed by atoms with E-state index >= 15 is 0 Å². The zero-order chi connectivity index (χ0) is 10.8. The highest BCUT2D eigenvalue weighted by atomic mass is 79.9. The Morgan fingerprint density at radius 2 is 1.93 bits per heavy atom. The molecule has 1 fully saturated rings. The van der Waals surface area contributed by atoms with Gasteiger partial charge in [0.15, 0.2) is 0 Å². The van der Waals surface area contributed by atoms with Gasteiger partial charge in [-0.25, -0.2) is 0 Å². The van der Waals surface area contributed by atoms with Crippen molar-refractivity contribution in [1.82, 2.24) is 4.90 Å². The molecule has 1 nitrogen and oxygen atoms in total. The van der Waals surface area contributed by atoms with E-state index in [1.807, 2.05) is 0 Å². The van der Waals surface area contributed by atoms with Crippen LogP contribution in [0.2, 0.25) is 0 Å². The van der Waals surface area contributed by atoms with Crippen molar-refractivity contribution in [2.75, 3.05) is 18.4 Å². The number of hydrogen-bond donors (Lipinski definition) is 0. The van der Waals surface area contributed by atoms with Crippen molar-refractivity contribution in [2.24, 2.45) is 11.3 Å². The van der Waals surface area contributed by atoms with Crippen molar-refractivity contribution < 1.29 is 0 Å². The van der Waals surface area contributed by atoms with Gasteiger partial charge in [0.2, 0.25) is 0 Å². The van der Waals surface area contributed by atoms with E-state index in [4.69, 9.17) is 0 Å².